The summed E-state index contributed by atoms with van der Waals surface area (Å²) >= 11 is 1.61. The molecule has 0 radical (unpaired) electrons. The maximum atomic E-state index is 13.2. The summed E-state index contributed by atoms with van der Waals surface area (Å²) in [5, 5.41) is 6.30. The Balaban J connectivity index is 1.37. The van der Waals surface area contributed by atoms with Gasteiger partial charge in [-0.1, -0.05) is 24.3 Å². The van der Waals surface area contributed by atoms with Crippen molar-refractivity contribution in [3.8, 4) is 0 Å². The van der Waals surface area contributed by atoms with Crippen LogP contribution in [0.3, 0.4) is 0 Å². The molecule has 3 aromatic carbocycles. The van der Waals surface area contributed by atoms with E-state index in [0.717, 1.165) is 28.3 Å². The number of nitrogens with one attached hydrogen (secondary N) is 2. The first kappa shape index (κ1) is 19.1. The van der Waals surface area contributed by atoms with Crippen molar-refractivity contribution < 1.29 is 13.6 Å². The first-order valence-corrected chi connectivity index (χ1v) is 9.95. The van der Waals surface area contributed by atoms with Crippen molar-refractivity contribution in [2.75, 3.05) is 10.6 Å². The molecular formula is C22H17F2N3OS. The van der Waals surface area contributed by atoms with Gasteiger partial charge in [-0.3, -0.25) is 0 Å². The van der Waals surface area contributed by atoms with Crippen LogP contribution < -0.4 is 10.6 Å². The zero-order chi connectivity index (χ0) is 20.2. The maximum absolute atomic E-state index is 13.2. The molecule has 1 heterocycles. The van der Waals surface area contributed by atoms with Gasteiger partial charge in [0.05, 0.1) is 10.7 Å². The number of anilines is 2. The molecule has 2 N–H and O–H groups in total. The number of fused-ring (bicyclic) bond motifs is 1. The van der Waals surface area contributed by atoms with Crippen LogP contribution in [0.4, 0.5) is 30.6 Å². The molecule has 0 atom stereocenters. The number of carbonyl (C=O) groups is 1. The fourth-order valence-corrected chi connectivity index (χ4v) is 3.87. The summed E-state index contributed by atoms with van der Waals surface area (Å²) in [5.74, 6) is 0.0556. The predicted octanol–water partition coefficient (Wildman–Crippen LogP) is 6.13. The number of amides is 2. The molecule has 0 bridgehead atoms. The first-order valence-electron chi connectivity index (χ1n) is 8.96. The largest absolute Gasteiger partial charge is 0.323 e. The topological polar surface area (TPSA) is 53.5 Å². The Hall–Kier alpha value is -3.19. The van der Waals surface area contributed by atoms with Crippen molar-refractivity contribution in [3.05, 3.63) is 89.5 Å². The summed E-state index contributed by atoms with van der Waals surface area (Å²) < 4.78 is 26.2. The van der Waals surface area contributed by atoms with Crippen LogP contribution in [-0.4, -0.2) is 11.1 Å². The van der Waals surface area contributed by atoms with E-state index in [0.29, 0.717) is 17.1 Å². The summed E-state index contributed by atoms with van der Waals surface area (Å²) in [6.45, 7) is 0. The molecule has 0 aromatic heterocycles. The van der Waals surface area contributed by atoms with Crippen LogP contribution in [0, 0.1) is 11.6 Å². The summed E-state index contributed by atoms with van der Waals surface area (Å²) in [7, 11) is 0. The van der Waals surface area contributed by atoms with E-state index >= 15 is 0 Å². The average molecular weight is 409 g/mol. The molecule has 29 heavy (non-hydrogen) atoms. The number of rotatable bonds is 4. The average Bonchev–Trinajstić information content (AvgIpc) is 3.09. The Labute approximate surface area is 171 Å². The third-order valence-electron chi connectivity index (χ3n) is 4.33. The van der Waals surface area contributed by atoms with Gasteiger partial charge in [0, 0.05) is 23.5 Å². The van der Waals surface area contributed by atoms with Crippen LogP contribution in [0.2, 0.25) is 0 Å². The highest BCUT2D eigenvalue weighted by molar-refractivity contribution is 8.13. The van der Waals surface area contributed by atoms with E-state index in [1.807, 2.05) is 18.2 Å². The van der Waals surface area contributed by atoms with Crippen LogP contribution >= 0.6 is 11.8 Å². The zero-order valence-corrected chi connectivity index (χ0v) is 16.1. The van der Waals surface area contributed by atoms with Crippen molar-refractivity contribution in [3.63, 3.8) is 0 Å². The fraction of sp³-hybridized carbons (Fsp3) is 0.0909. The van der Waals surface area contributed by atoms with Crippen molar-refractivity contribution in [2.24, 2.45) is 4.99 Å². The Bertz CT molecular complexity index is 1080. The SMILES string of the molecule is O=C(Nc1cccc(F)c1)Nc1ccc2c(c1)N=C(SCc1ccc(F)cc1)C2. The van der Waals surface area contributed by atoms with Crippen molar-refractivity contribution in [1.82, 2.24) is 0 Å². The number of hydrogen-bond donors (Lipinski definition) is 2. The molecule has 0 spiro atoms. The van der Waals surface area contributed by atoms with Crippen LogP contribution in [0.5, 0.6) is 0 Å². The molecule has 0 fully saturated rings. The van der Waals surface area contributed by atoms with E-state index < -0.39 is 11.8 Å². The third-order valence-corrected chi connectivity index (χ3v) is 5.38. The Morgan fingerprint density at radius 3 is 2.45 bits per heavy atom. The van der Waals surface area contributed by atoms with Gasteiger partial charge in [0.1, 0.15) is 11.6 Å². The molecular weight excluding hydrogens is 392 g/mol. The molecule has 1 aliphatic rings. The highest BCUT2D eigenvalue weighted by atomic mass is 32.2. The predicted molar refractivity (Wildman–Crippen MR) is 114 cm³/mol. The summed E-state index contributed by atoms with van der Waals surface area (Å²) in [6.07, 6.45) is 0.733. The number of halogens is 2. The molecule has 146 valence electrons. The number of carbonyl (C=O) groups excluding carboxylic acids is 1. The number of nitrogens with zero attached hydrogens (tertiary/aromatic N) is 1. The molecule has 1 aliphatic heterocycles. The van der Waals surface area contributed by atoms with Gasteiger partial charge in [-0.25, -0.2) is 18.6 Å². The minimum Gasteiger partial charge on any atom is -0.308 e. The Kier molecular flexibility index (Phi) is 5.57. The fourth-order valence-electron chi connectivity index (χ4n) is 2.92. The van der Waals surface area contributed by atoms with E-state index in [1.54, 1.807) is 30.0 Å². The van der Waals surface area contributed by atoms with E-state index in [4.69, 9.17) is 0 Å². The quantitative estimate of drug-likeness (QED) is 0.545. The number of urea groups is 1. The van der Waals surface area contributed by atoms with Gasteiger partial charge < -0.3 is 10.6 Å². The first-order chi connectivity index (χ1) is 14.0. The molecule has 0 aliphatic carbocycles. The summed E-state index contributed by atoms with van der Waals surface area (Å²) in [5.41, 5.74) is 3.91. The van der Waals surface area contributed by atoms with Gasteiger partial charge in [-0.2, -0.15) is 0 Å². The van der Waals surface area contributed by atoms with E-state index in [-0.39, 0.29) is 5.82 Å². The Morgan fingerprint density at radius 1 is 0.931 bits per heavy atom. The number of benzene rings is 3. The second-order valence-corrected chi connectivity index (χ2v) is 7.58. The van der Waals surface area contributed by atoms with Crippen LogP contribution in [0.15, 0.2) is 71.7 Å². The zero-order valence-electron chi connectivity index (χ0n) is 15.3. The van der Waals surface area contributed by atoms with Crippen molar-refractivity contribution in [1.29, 1.82) is 0 Å². The van der Waals surface area contributed by atoms with Gasteiger partial charge in [-0.15, -0.1) is 11.8 Å². The van der Waals surface area contributed by atoms with Crippen LogP contribution in [-0.2, 0) is 12.2 Å². The number of aliphatic imine (C=N–C) groups is 1. The monoisotopic (exact) mass is 409 g/mol. The normalized spacial score (nSPS) is 12.3. The summed E-state index contributed by atoms with van der Waals surface area (Å²) in [6, 6.07) is 17.2. The molecule has 0 unspecified atom stereocenters. The minimum atomic E-state index is -0.455. The molecule has 0 saturated heterocycles. The van der Waals surface area contributed by atoms with Gasteiger partial charge in [0.2, 0.25) is 0 Å². The standard InChI is InChI=1S/C22H17F2N3OS/c23-16-7-4-14(5-8-16)13-29-21-10-15-6-9-19(12-20(15)27-21)26-22(28)25-18-3-1-2-17(24)11-18/h1-9,11-12H,10,13H2,(H2,25,26,28). The molecule has 7 heteroatoms. The van der Waals surface area contributed by atoms with Crippen molar-refractivity contribution in [2.45, 2.75) is 12.2 Å². The lowest BCUT2D eigenvalue weighted by molar-refractivity contribution is 0.262. The van der Waals surface area contributed by atoms with E-state index in [2.05, 4.69) is 15.6 Å². The second-order valence-electron chi connectivity index (χ2n) is 6.53. The highest BCUT2D eigenvalue weighted by Crippen LogP contribution is 2.33. The molecule has 2 amide bonds. The molecule has 3 aromatic rings. The lowest BCUT2D eigenvalue weighted by atomic mass is 10.1. The molecule has 0 saturated carbocycles. The van der Waals surface area contributed by atoms with E-state index in [9.17, 15) is 13.6 Å². The highest BCUT2D eigenvalue weighted by Gasteiger charge is 2.16. The van der Waals surface area contributed by atoms with Gasteiger partial charge in [0.25, 0.3) is 0 Å². The number of hydrogen-bond acceptors (Lipinski definition) is 3. The second kappa shape index (κ2) is 8.45. The van der Waals surface area contributed by atoms with Crippen LogP contribution in [0.1, 0.15) is 11.1 Å². The Morgan fingerprint density at radius 2 is 1.69 bits per heavy atom. The number of thioether (sulfide) groups is 1. The minimum absolute atomic E-state index is 0.245. The maximum Gasteiger partial charge on any atom is 0.323 e. The van der Waals surface area contributed by atoms with Gasteiger partial charge >= 0.3 is 6.03 Å². The van der Waals surface area contributed by atoms with Crippen LogP contribution in [0.25, 0.3) is 0 Å². The van der Waals surface area contributed by atoms with E-state index in [1.165, 1.54) is 30.3 Å². The smallest absolute Gasteiger partial charge is 0.308 e. The van der Waals surface area contributed by atoms with Gasteiger partial charge in [0.15, 0.2) is 0 Å². The summed E-state index contributed by atoms with van der Waals surface area (Å²) in [4.78, 5) is 16.8. The molecule has 4 nitrogen and oxygen atoms in total. The lowest BCUT2D eigenvalue weighted by Crippen LogP contribution is -2.19. The third kappa shape index (κ3) is 5.00. The lowest BCUT2D eigenvalue weighted by Gasteiger charge is -2.08. The van der Waals surface area contributed by atoms with Crippen molar-refractivity contribution >= 4 is 39.9 Å². The van der Waals surface area contributed by atoms with Gasteiger partial charge in [-0.05, 0) is 53.6 Å². The molecule has 4 rings (SSSR count).